The van der Waals surface area contributed by atoms with Crippen LogP contribution in [0.15, 0.2) is 49.0 Å². The zero-order chi connectivity index (χ0) is 15.3. The molecule has 1 heterocycles. The van der Waals surface area contributed by atoms with Gasteiger partial charge in [-0.2, -0.15) is 0 Å². The van der Waals surface area contributed by atoms with Gasteiger partial charge in [0, 0.05) is 0 Å². The van der Waals surface area contributed by atoms with Crippen molar-refractivity contribution in [1.82, 2.24) is 0 Å². The molecule has 1 aliphatic rings. The molecule has 0 aromatic heterocycles. The second-order valence-electron chi connectivity index (χ2n) is 6.64. The minimum Gasteiger partial charge on any atom is -0.399 e. The van der Waals surface area contributed by atoms with Crippen molar-refractivity contribution in [1.29, 1.82) is 0 Å². The van der Waals surface area contributed by atoms with Gasteiger partial charge in [-0.05, 0) is 49.5 Å². The molecule has 1 fully saturated rings. The van der Waals surface area contributed by atoms with E-state index in [9.17, 15) is 0 Å². The van der Waals surface area contributed by atoms with Crippen LogP contribution < -0.4 is 0 Å². The minimum absolute atomic E-state index is 0.342. The van der Waals surface area contributed by atoms with Gasteiger partial charge in [0.15, 0.2) is 0 Å². The number of benzene rings is 2. The Hall–Kier alpha value is -1.58. The summed E-state index contributed by atoms with van der Waals surface area (Å²) in [5.74, 6) is 0. The summed E-state index contributed by atoms with van der Waals surface area (Å²) in [5, 5.41) is 2.38. The van der Waals surface area contributed by atoms with E-state index in [1.807, 2.05) is 18.2 Å². The second-order valence-corrected chi connectivity index (χ2v) is 6.64. The van der Waals surface area contributed by atoms with Crippen LogP contribution in [0.25, 0.3) is 16.2 Å². The predicted molar refractivity (Wildman–Crippen MR) is 89.1 cm³/mol. The normalized spacial score (nSPS) is 19.9. The van der Waals surface area contributed by atoms with Crippen LogP contribution >= 0.6 is 0 Å². The van der Waals surface area contributed by atoms with Crippen molar-refractivity contribution in [2.45, 2.75) is 38.9 Å². The molecule has 2 nitrogen and oxygen atoms in total. The van der Waals surface area contributed by atoms with Gasteiger partial charge >= 0.3 is 7.12 Å². The summed E-state index contributed by atoms with van der Waals surface area (Å²) in [4.78, 5) is 0. The zero-order valence-electron chi connectivity index (χ0n) is 13.1. The monoisotopic (exact) mass is 280 g/mol. The number of fused-ring (bicyclic) bond motifs is 1. The van der Waals surface area contributed by atoms with Crippen molar-refractivity contribution in [3.63, 3.8) is 0 Å². The molecule has 1 aliphatic heterocycles. The molecule has 0 spiro atoms. The highest BCUT2D eigenvalue weighted by Gasteiger charge is 2.52. The van der Waals surface area contributed by atoms with E-state index in [0.29, 0.717) is 0 Å². The molecule has 0 saturated carbocycles. The SMILES string of the molecule is C=C(B1OC(C)(C)C(C)(C)O1)c1cccc2ccccc12. The van der Waals surface area contributed by atoms with Crippen LogP contribution in [-0.2, 0) is 9.31 Å². The molecule has 1 saturated heterocycles. The summed E-state index contributed by atoms with van der Waals surface area (Å²) in [6.07, 6.45) is 0. The third-order valence-corrected chi connectivity index (χ3v) is 4.67. The molecule has 3 rings (SSSR count). The van der Waals surface area contributed by atoms with Crippen LogP contribution in [0.4, 0.5) is 0 Å². The third-order valence-electron chi connectivity index (χ3n) is 4.67. The average Bonchev–Trinajstić information content (AvgIpc) is 2.66. The fourth-order valence-electron chi connectivity index (χ4n) is 2.62. The Morgan fingerprint density at radius 1 is 0.905 bits per heavy atom. The second kappa shape index (κ2) is 4.72. The highest BCUT2D eigenvalue weighted by Crippen LogP contribution is 2.40. The molecule has 0 amide bonds. The van der Waals surface area contributed by atoms with Crippen molar-refractivity contribution in [3.8, 4) is 0 Å². The van der Waals surface area contributed by atoms with E-state index in [2.05, 4.69) is 58.5 Å². The van der Waals surface area contributed by atoms with Gasteiger partial charge in [-0.15, -0.1) is 0 Å². The lowest BCUT2D eigenvalue weighted by Crippen LogP contribution is -2.41. The van der Waals surface area contributed by atoms with E-state index in [1.54, 1.807) is 0 Å². The molecule has 2 aromatic carbocycles. The van der Waals surface area contributed by atoms with Crippen LogP contribution in [0.1, 0.15) is 33.3 Å². The van der Waals surface area contributed by atoms with Gasteiger partial charge in [0.2, 0.25) is 0 Å². The van der Waals surface area contributed by atoms with Gasteiger partial charge in [0.1, 0.15) is 0 Å². The molecule has 2 aromatic rings. The highest BCUT2D eigenvalue weighted by atomic mass is 16.7. The van der Waals surface area contributed by atoms with E-state index < -0.39 is 7.12 Å². The van der Waals surface area contributed by atoms with Crippen molar-refractivity contribution < 1.29 is 9.31 Å². The van der Waals surface area contributed by atoms with E-state index >= 15 is 0 Å². The molecular weight excluding hydrogens is 259 g/mol. The highest BCUT2D eigenvalue weighted by molar-refractivity contribution is 6.69. The van der Waals surface area contributed by atoms with E-state index in [4.69, 9.17) is 9.31 Å². The van der Waals surface area contributed by atoms with Crippen LogP contribution in [-0.4, -0.2) is 18.3 Å². The van der Waals surface area contributed by atoms with Gasteiger partial charge < -0.3 is 9.31 Å². The molecular formula is C18H21BO2. The maximum atomic E-state index is 6.11. The maximum absolute atomic E-state index is 6.11. The molecule has 3 heteroatoms. The van der Waals surface area contributed by atoms with Crippen LogP contribution in [0.3, 0.4) is 0 Å². The molecule has 0 aliphatic carbocycles. The quantitative estimate of drug-likeness (QED) is 0.755. The Morgan fingerprint density at radius 2 is 1.48 bits per heavy atom. The van der Waals surface area contributed by atoms with Gasteiger partial charge in [0.25, 0.3) is 0 Å². The summed E-state index contributed by atoms with van der Waals surface area (Å²) in [6, 6.07) is 14.5. The lowest BCUT2D eigenvalue weighted by molar-refractivity contribution is 0.00578. The maximum Gasteiger partial charge on any atom is 0.494 e. The fourth-order valence-corrected chi connectivity index (χ4v) is 2.62. The molecule has 0 radical (unpaired) electrons. The number of rotatable bonds is 2. The molecule has 0 atom stereocenters. The van der Waals surface area contributed by atoms with E-state index in [1.165, 1.54) is 10.8 Å². The Morgan fingerprint density at radius 3 is 2.14 bits per heavy atom. The van der Waals surface area contributed by atoms with Gasteiger partial charge in [-0.3, -0.25) is 0 Å². The number of hydrogen-bond acceptors (Lipinski definition) is 2. The first-order chi connectivity index (χ1) is 9.82. The van der Waals surface area contributed by atoms with Gasteiger partial charge in [-0.1, -0.05) is 49.0 Å². The van der Waals surface area contributed by atoms with Crippen LogP contribution in [0.2, 0.25) is 0 Å². The van der Waals surface area contributed by atoms with Crippen molar-refractivity contribution in [3.05, 3.63) is 54.6 Å². The smallest absolute Gasteiger partial charge is 0.399 e. The Balaban J connectivity index is 1.99. The molecule has 0 bridgehead atoms. The first-order valence-electron chi connectivity index (χ1n) is 7.34. The van der Waals surface area contributed by atoms with Crippen molar-refractivity contribution >= 4 is 23.4 Å². The predicted octanol–water partition coefficient (Wildman–Crippen LogP) is 4.48. The molecule has 0 N–H and O–H groups in total. The first kappa shape index (κ1) is 14.4. The van der Waals surface area contributed by atoms with Crippen LogP contribution in [0.5, 0.6) is 0 Å². The third kappa shape index (κ3) is 2.31. The Labute approximate surface area is 126 Å². The lowest BCUT2D eigenvalue weighted by atomic mass is 9.74. The van der Waals surface area contributed by atoms with Crippen molar-refractivity contribution in [2.24, 2.45) is 0 Å². The first-order valence-corrected chi connectivity index (χ1v) is 7.34. The fraction of sp³-hybridized carbons (Fsp3) is 0.333. The molecule has 0 unspecified atom stereocenters. The minimum atomic E-state index is -0.402. The summed E-state index contributed by atoms with van der Waals surface area (Å²) in [7, 11) is -0.402. The summed E-state index contributed by atoms with van der Waals surface area (Å²) in [6.45, 7) is 12.5. The summed E-state index contributed by atoms with van der Waals surface area (Å²) < 4.78 is 12.2. The van der Waals surface area contributed by atoms with Crippen LogP contribution in [0, 0.1) is 0 Å². The zero-order valence-corrected chi connectivity index (χ0v) is 13.1. The standard InChI is InChI=1S/C18H21BO2/c1-13(19-20-17(2,3)18(4,5)21-19)15-12-8-10-14-9-6-7-11-16(14)15/h6-12H,1H2,2-5H3. The lowest BCUT2D eigenvalue weighted by Gasteiger charge is -2.32. The van der Waals surface area contributed by atoms with E-state index in [-0.39, 0.29) is 11.2 Å². The van der Waals surface area contributed by atoms with E-state index in [0.717, 1.165) is 11.0 Å². The average molecular weight is 280 g/mol. The topological polar surface area (TPSA) is 18.5 Å². The molecule has 108 valence electrons. The Bertz CT molecular complexity index is 682. The Kier molecular flexibility index (Phi) is 3.23. The summed E-state index contributed by atoms with van der Waals surface area (Å²) >= 11 is 0. The van der Waals surface area contributed by atoms with Crippen molar-refractivity contribution in [2.75, 3.05) is 0 Å². The number of hydrogen-bond donors (Lipinski definition) is 0. The van der Waals surface area contributed by atoms with Gasteiger partial charge in [0.05, 0.1) is 11.2 Å². The molecule has 21 heavy (non-hydrogen) atoms. The summed E-state index contributed by atoms with van der Waals surface area (Å²) in [5.41, 5.74) is 1.29. The largest absolute Gasteiger partial charge is 0.494 e. The van der Waals surface area contributed by atoms with Gasteiger partial charge in [-0.25, -0.2) is 0 Å².